The number of rotatable bonds is 3. The van der Waals surface area contributed by atoms with E-state index in [4.69, 9.17) is 0 Å². The van der Waals surface area contributed by atoms with Gasteiger partial charge in [-0.05, 0) is 29.9 Å². The van der Waals surface area contributed by atoms with Crippen LogP contribution in [0.1, 0.15) is 24.3 Å². The fourth-order valence-electron chi connectivity index (χ4n) is 1.64. The lowest BCUT2D eigenvalue weighted by Crippen LogP contribution is -1.85. The molecule has 1 aliphatic carbocycles. The molecule has 12 heavy (non-hydrogen) atoms. The van der Waals surface area contributed by atoms with E-state index in [0.717, 1.165) is 12.7 Å². The lowest BCUT2D eigenvalue weighted by atomic mass is 10.1. The summed E-state index contributed by atoms with van der Waals surface area (Å²) in [7, 11) is 0. The predicted molar refractivity (Wildman–Crippen MR) is 45.8 cm³/mol. The van der Waals surface area contributed by atoms with Gasteiger partial charge in [-0.1, -0.05) is 6.07 Å². The fourth-order valence-corrected chi connectivity index (χ4v) is 1.64. The van der Waals surface area contributed by atoms with E-state index in [2.05, 4.69) is 11.1 Å². The lowest BCUT2D eigenvalue weighted by molar-refractivity contribution is -0.108. The van der Waals surface area contributed by atoms with Gasteiger partial charge in [-0.3, -0.25) is 4.98 Å². The summed E-state index contributed by atoms with van der Waals surface area (Å²) in [5, 5.41) is 0. The number of carbonyl (C=O) groups excluding carboxylic acids is 1. The van der Waals surface area contributed by atoms with Crippen LogP contribution in [0, 0.1) is 5.92 Å². The molecule has 2 nitrogen and oxygen atoms in total. The number of pyridine rings is 1. The van der Waals surface area contributed by atoms with Crippen LogP contribution in [-0.4, -0.2) is 11.3 Å². The molecule has 0 amide bonds. The SMILES string of the molecule is O=CC[C@@H]1C[C@H]1c1cccnc1. The van der Waals surface area contributed by atoms with Crippen molar-refractivity contribution in [3.63, 3.8) is 0 Å². The van der Waals surface area contributed by atoms with Crippen molar-refractivity contribution in [1.29, 1.82) is 0 Å². The molecule has 2 heteroatoms. The molecule has 0 spiro atoms. The standard InChI is InChI=1S/C10H11NO/c12-5-3-8-6-10(8)9-2-1-4-11-7-9/h1-2,4-5,7-8,10H,3,6H2/t8-,10-/m1/s1. The minimum Gasteiger partial charge on any atom is -0.303 e. The van der Waals surface area contributed by atoms with Gasteiger partial charge in [-0.2, -0.15) is 0 Å². The van der Waals surface area contributed by atoms with Gasteiger partial charge >= 0.3 is 0 Å². The van der Waals surface area contributed by atoms with Crippen molar-refractivity contribution in [2.24, 2.45) is 5.92 Å². The van der Waals surface area contributed by atoms with Crippen molar-refractivity contribution in [1.82, 2.24) is 4.98 Å². The summed E-state index contributed by atoms with van der Waals surface area (Å²) in [5.41, 5.74) is 1.28. The molecular weight excluding hydrogens is 150 g/mol. The Morgan fingerprint density at radius 1 is 1.67 bits per heavy atom. The summed E-state index contributed by atoms with van der Waals surface area (Å²) in [4.78, 5) is 14.3. The third-order valence-electron chi connectivity index (χ3n) is 2.43. The Kier molecular flexibility index (Phi) is 1.90. The molecule has 2 rings (SSSR count). The average Bonchev–Trinajstić information content (AvgIpc) is 2.87. The Morgan fingerprint density at radius 3 is 3.25 bits per heavy atom. The molecule has 1 fully saturated rings. The Bertz CT molecular complexity index is 270. The number of nitrogens with zero attached hydrogens (tertiary/aromatic N) is 1. The summed E-state index contributed by atoms with van der Waals surface area (Å²) in [6.45, 7) is 0. The molecule has 0 saturated heterocycles. The van der Waals surface area contributed by atoms with Crippen LogP contribution in [0.15, 0.2) is 24.5 Å². The minimum absolute atomic E-state index is 0.590. The molecule has 0 unspecified atom stereocenters. The zero-order valence-electron chi connectivity index (χ0n) is 6.81. The summed E-state index contributed by atoms with van der Waals surface area (Å²) in [6.07, 6.45) is 6.56. The third kappa shape index (κ3) is 1.37. The maximum absolute atomic E-state index is 10.2. The van der Waals surface area contributed by atoms with Gasteiger partial charge in [0.15, 0.2) is 0 Å². The summed E-state index contributed by atoms with van der Waals surface area (Å²) in [5.74, 6) is 1.19. The van der Waals surface area contributed by atoms with Gasteiger partial charge in [0.1, 0.15) is 6.29 Å². The Morgan fingerprint density at radius 2 is 2.58 bits per heavy atom. The highest BCUT2D eigenvalue weighted by Gasteiger charge is 2.37. The number of aromatic nitrogens is 1. The minimum atomic E-state index is 0.590. The fraction of sp³-hybridized carbons (Fsp3) is 0.400. The monoisotopic (exact) mass is 161 g/mol. The van der Waals surface area contributed by atoms with Crippen LogP contribution < -0.4 is 0 Å². The Hall–Kier alpha value is -1.18. The summed E-state index contributed by atoms with van der Waals surface area (Å²) in [6, 6.07) is 4.04. The molecule has 0 bridgehead atoms. The second-order valence-corrected chi connectivity index (χ2v) is 3.29. The lowest BCUT2D eigenvalue weighted by Gasteiger charge is -1.95. The zero-order valence-corrected chi connectivity index (χ0v) is 6.81. The van der Waals surface area contributed by atoms with Gasteiger partial charge in [-0.15, -0.1) is 0 Å². The normalized spacial score (nSPS) is 26.7. The van der Waals surface area contributed by atoms with Gasteiger partial charge in [0.2, 0.25) is 0 Å². The van der Waals surface area contributed by atoms with Gasteiger partial charge in [0.25, 0.3) is 0 Å². The molecule has 1 saturated carbocycles. The van der Waals surface area contributed by atoms with Crippen LogP contribution in [0.5, 0.6) is 0 Å². The Balaban J connectivity index is 2.01. The molecule has 0 N–H and O–H groups in total. The molecule has 62 valence electrons. The average molecular weight is 161 g/mol. The molecule has 1 aliphatic rings. The predicted octanol–water partition coefficient (Wildman–Crippen LogP) is 1.77. The highest BCUT2D eigenvalue weighted by molar-refractivity contribution is 5.51. The van der Waals surface area contributed by atoms with Gasteiger partial charge < -0.3 is 4.79 Å². The van der Waals surface area contributed by atoms with Gasteiger partial charge in [0.05, 0.1) is 0 Å². The van der Waals surface area contributed by atoms with Crippen molar-refractivity contribution in [3.8, 4) is 0 Å². The molecule has 2 atom stereocenters. The van der Waals surface area contributed by atoms with Crippen molar-refractivity contribution in [2.75, 3.05) is 0 Å². The van der Waals surface area contributed by atoms with E-state index in [1.807, 2.05) is 12.3 Å². The highest BCUT2D eigenvalue weighted by atomic mass is 16.1. The van der Waals surface area contributed by atoms with E-state index >= 15 is 0 Å². The molecular formula is C10H11NO. The van der Waals surface area contributed by atoms with Crippen molar-refractivity contribution in [3.05, 3.63) is 30.1 Å². The first-order chi connectivity index (χ1) is 5.92. The molecule has 1 heterocycles. The number of hydrogen-bond donors (Lipinski definition) is 0. The molecule has 0 aromatic carbocycles. The van der Waals surface area contributed by atoms with Crippen molar-refractivity contribution in [2.45, 2.75) is 18.8 Å². The molecule has 0 radical (unpaired) electrons. The second kappa shape index (κ2) is 3.05. The molecule has 1 aromatic rings. The van der Waals surface area contributed by atoms with Crippen LogP contribution in [-0.2, 0) is 4.79 Å². The number of hydrogen-bond acceptors (Lipinski definition) is 2. The van der Waals surface area contributed by atoms with E-state index in [1.165, 1.54) is 5.56 Å². The van der Waals surface area contributed by atoms with Crippen LogP contribution >= 0.6 is 0 Å². The van der Waals surface area contributed by atoms with Crippen LogP contribution in [0.2, 0.25) is 0 Å². The number of carbonyl (C=O) groups is 1. The maximum atomic E-state index is 10.2. The zero-order chi connectivity index (χ0) is 8.39. The number of aldehydes is 1. The first kappa shape index (κ1) is 7.47. The van der Waals surface area contributed by atoms with Crippen LogP contribution in [0.4, 0.5) is 0 Å². The van der Waals surface area contributed by atoms with E-state index in [1.54, 1.807) is 6.20 Å². The largest absolute Gasteiger partial charge is 0.303 e. The smallest absolute Gasteiger partial charge is 0.120 e. The van der Waals surface area contributed by atoms with E-state index in [0.29, 0.717) is 18.3 Å². The van der Waals surface area contributed by atoms with Crippen molar-refractivity contribution >= 4 is 6.29 Å². The topological polar surface area (TPSA) is 30.0 Å². The summed E-state index contributed by atoms with van der Waals surface area (Å²) < 4.78 is 0. The molecule has 1 aromatic heterocycles. The van der Waals surface area contributed by atoms with E-state index in [9.17, 15) is 4.79 Å². The molecule has 0 aliphatic heterocycles. The first-order valence-corrected chi connectivity index (χ1v) is 4.25. The first-order valence-electron chi connectivity index (χ1n) is 4.25. The second-order valence-electron chi connectivity index (χ2n) is 3.29. The highest BCUT2D eigenvalue weighted by Crippen LogP contribution is 2.48. The summed E-state index contributed by atoms with van der Waals surface area (Å²) >= 11 is 0. The van der Waals surface area contributed by atoms with Crippen molar-refractivity contribution < 1.29 is 4.79 Å². The third-order valence-corrected chi connectivity index (χ3v) is 2.43. The Labute approximate surface area is 71.6 Å². The maximum Gasteiger partial charge on any atom is 0.120 e. The van der Waals surface area contributed by atoms with Crippen LogP contribution in [0.25, 0.3) is 0 Å². The van der Waals surface area contributed by atoms with E-state index < -0.39 is 0 Å². The van der Waals surface area contributed by atoms with Crippen LogP contribution in [0.3, 0.4) is 0 Å². The van der Waals surface area contributed by atoms with Gasteiger partial charge in [0, 0.05) is 18.8 Å². The van der Waals surface area contributed by atoms with Gasteiger partial charge in [-0.25, -0.2) is 0 Å². The van der Waals surface area contributed by atoms with E-state index in [-0.39, 0.29) is 0 Å². The quantitative estimate of drug-likeness (QED) is 0.632.